The summed E-state index contributed by atoms with van der Waals surface area (Å²) < 4.78 is 10.5. The van der Waals surface area contributed by atoms with E-state index in [2.05, 4.69) is 15.2 Å². The lowest BCUT2D eigenvalue weighted by Crippen LogP contribution is -1.88. The molecule has 0 amide bonds. The Balaban J connectivity index is 1.84. The largest absolute Gasteiger partial charge is 0.504 e. The first-order valence-corrected chi connectivity index (χ1v) is 6.57. The van der Waals surface area contributed by atoms with Gasteiger partial charge in [0.15, 0.2) is 11.5 Å². The molecule has 0 aliphatic heterocycles. The van der Waals surface area contributed by atoms with Crippen LogP contribution in [0.2, 0.25) is 0 Å². The van der Waals surface area contributed by atoms with Crippen molar-refractivity contribution in [2.45, 2.75) is 0 Å². The van der Waals surface area contributed by atoms with Crippen molar-refractivity contribution in [1.82, 2.24) is 10.2 Å². The van der Waals surface area contributed by atoms with E-state index in [4.69, 9.17) is 9.15 Å². The van der Waals surface area contributed by atoms with Crippen molar-refractivity contribution in [3.63, 3.8) is 0 Å². The predicted molar refractivity (Wildman–Crippen MR) is 81.6 cm³/mol. The standard InChI is InChI=1S/C16H13N3O3/c1-21-13-9-5-8-12(14(13)20)10-17-16-19-18-15(22-16)11-6-3-2-4-7-11/h2-10,20H,1H3/b17-10+. The Morgan fingerprint density at radius 2 is 1.91 bits per heavy atom. The maximum Gasteiger partial charge on any atom is 0.342 e. The molecule has 1 aromatic heterocycles. The predicted octanol–water partition coefficient (Wildman–Crippen LogP) is 3.20. The van der Waals surface area contributed by atoms with E-state index in [-0.39, 0.29) is 11.8 Å². The Labute approximate surface area is 126 Å². The highest BCUT2D eigenvalue weighted by Crippen LogP contribution is 2.28. The van der Waals surface area contributed by atoms with Crippen LogP contribution in [-0.2, 0) is 0 Å². The van der Waals surface area contributed by atoms with Gasteiger partial charge in [0.25, 0.3) is 0 Å². The van der Waals surface area contributed by atoms with Crippen LogP contribution in [0.4, 0.5) is 6.01 Å². The van der Waals surface area contributed by atoms with E-state index in [1.807, 2.05) is 30.3 Å². The van der Waals surface area contributed by atoms with Gasteiger partial charge < -0.3 is 14.3 Å². The van der Waals surface area contributed by atoms with E-state index in [0.717, 1.165) is 5.56 Å². The SMILES string of the molecule is COc1cccc(/C=N/c2nnc(-c3ccccc3)o2)c1O. The third-order valence-electron chi connectivity index (χ3n) is 3.00. The van der Waals surface area contributed by atoms with Gasteiger partial charge >= 0.3 is 6.01 Å². The molecule has 6 nitrogen and oxygen atoms in total. The molecule has 0 atom stereocenters. The highest BCUT2D eigenvalue weighted by atomic mass is 16.5. The lowest BCUT2D eigenvalue weighted by atomic mass is 10.2. The monoisotopic (exact) mass is 295 g/mol. The van der Waals surface area contributed by atoms with Gasteiger partial charge in [0.2, 0.25) is 5.89 Å². The number of aliphatic imine (C=N–C) groups is 1. The van der Waals surface area contributed by atoms with Crippen molar-refractivity contribution in [2.75, 3.05) is 7.11 Å². The number of benzene rings is 2. The summed E-state index contributed by atoms with van der Waals surface area (Å²) in [6.45, 7) is 0. The van der Waals surface area contributed by atoms with Crippen LogP contribution in [-0.4, -0.2) is 28.6 Å². The summed E-state index contributed by atoms with van der Waals surface area (Å²) >= 11 is 0. The normalized spacial score (nSPS) is 11.0. The molecule has 1 N–H and O–H groups in total. The molecule has 6 heteroatoms. The fraction of sp³-hybridized carbons (Fsp3) is 0.0625. The van der Waals surface area contributed by atoms with Gasteiger partial charge in [0, 0.05) is 17.3 Å². The summed E-state index contributed by atoms with van der Waals surface area (Å²) in [5.74, 6) is 0.776. The topological polar surface area (TPSA) is 80.7 Å². The molecule has 22 heavy (non-hydrogen) atoms. The summed E-state index contributed by atoms with van der Waals surface area (Å²) in [6.07, 6.45) is 1.44. The van der Waals surface area contributed by atoms with Crippen molar-refractivity contribution in [3.8, 4) is 23.0 Å². The molecule has 0 radical (unpaired) electrons. The molecule has 0 bridgehead atoms. The molecule has 0 aliphatic rings. The minimum Gasteiger partial charge on any atom is -0.504 e. The molecule has 0 aliphatic carbocycles. The number of aromatic hydroxyl groups is 1. The Morgan fingerprint density at radius 3 is 2.68 bits per heavy atom. The number of aromatic nitrogens is 2. The van der Waals surface area contributed by atoms with E-state index in [1.54, 1.807) is 18.2 Å². The van der Waals surface area contributed by atoms with Crippen LogP contribution < -0.4 is 4.74 Å². The molecule has 0 fully saturated rings. The van der Waals surface area contributed by atoms with Crippen LogP contribution in [0.5, 0.6) is 11.5 Å². The highest BCUT2D eigenvalue weighted by molar-refractivity contribution is 5.85. The van der Waals surface area contributed by atoms with Gasteiger partial charge in [-0.25, -0.2) is 4.99 Å². The summed E-state index contributed by atoms with van der Waals surface area (Å²) in [4.78, 5) is 4.08. The third kappa shape index (κ3) is 2.80. The zero-order valence-electron chi connectivity index (χ0n) is 11.8. The van der Waals surface area contributed by atoms with E-state index in [1.165, 1.54) is 13.3 Å². The van der Waals surface area contributed by atoms with E-state index >= 15 is 0 Å². The molecule has 0 saturated carbocycles. The molecule has 3 rings (SSSR count). The summed E-state index contributed by atoms with van der Waals surface area (Å²) in [5.41, 5.74) is 1.32. The Hall–Kier alpha value is -3.15. The first-order chi connectivity index (χ1) is 10.8. The van der Waals surface area contributed by atoms with Crippen LogP contribution in [0, 0.1) is 0 Å². The molecule has 2 aromatic carbocycles. The fourth-order valence-corrected chi connectivity index (χ4v) is 1.90. The number of phenols is 1. The Morgan fingerprint density at radius 1 is 1.09 bits per heavy atom. The zero-order chi connectivity index (χ0) is 15.4. The minimum atomic E-state index is 0.0107. The maximum absolute atomic E-state index is 9.97. The zero-order valence-corrected chi connectivity index (χ0v) is 11.8. The number of methoxy groups -OCH3 is 1. The number of ether oxygens (including phenoxy) is 1. The van der Waals surface area contributed by atoms with Crippen molar-refractivity contribution < 1.29 is 14.3 Å². The Bertz CT molecular complexity index is 797. The molecule has 0 saturated heterocycles. The van der Waals surface area contributed by atoms with E-state index in [0.29, 0.717) is 17.2 Å². The van der Waals surface area contributed by atoms with Crippen molar-refractivity contribution in [3.05, 3.63) is 54.1 Å². The van der Waals surface area contributed by atoms with Crippen LogP contribution in [0.3, 0.4) is 0 Å². The number of rotatable bonds is 4. The smallest absolute Gasteiger partial charge is 0.342 e. The van der Waals surface area contributed by atoms with E-state index < -0.39 is 0 Å². The van der Waals surface area contributed by atoms with Crippen LogP contribution >= 0.6 is 0 Å². The molecule has 3 aromatic rings. The van der Waals surface area contributed by atoms with Gasteiger partial charge in [-0.15, -0.1) is 5.10 Å². The number of para-hydroxylation sites is 1. The quantitative estimate of drug-likeness (QED) is 0.747. The fourth-order valence-electron chi connectivity index (χ4n) is 1.90. The molecule has 0 unspecified atom stereocenters. The average molecular weight is 295 g/mol. The average Bonchev–Trinajstić information content (AvgIpc) is 3.04. The first kappa shape index (κ1) is 13.8. The maximum atomic E-state index is 9.97. The van der Waals surface area contributed by atoms with Gasteiger partial charge in [-0.05, 0) is 24.3 Å². The first-order valence-electron chi connectivity index (χ1n) is 6.57. The molecule has 0 spiro atoms. The third-order valence-corrected chi connectivity index (χ3v) is 3.00. The molecule has 1 heterocycles. The molecular formula is C16H13N3O3. The molecular weight excluding hydrogens is 282 g/mol. The van der Waals surface area contributed by atoms with Crippen LogP contribution in [0.15, 0.2) is 57.9 Å². The van der Waals surface area contributed by atoms with Gasteiger partial charge in [0.05, 0.1) is 7.11 Å². The number of nitrogens with zero attached hydrogens (tertiary/aromatic N) is 3. The minimum absolute atomic E-state index is 0.0107. The number of hydrogen-bond donors (Lipinski definition) is 1. The second kappa shape index (κ2) is 6.09. The highest BCUT2D eigenvalue weighted by Gasteiger charge is 2.08. The summed E-state index contributed by atoms with van der Waals surface area (Å²) in [5, 5.41) is 17.8. The summed E-state index contributed by atoms with van der Waals surface area (Å²) in [6, 6.07) is 14.6. The van der Waals surface area contributed by atoms with E-state index in [9.17, 15) is 5.11 Å². The van der Waals surface area contributed by atoms with Gasteiger partial charge in [0.1, 0.15) is 0 Å². The van der Waals surface area contributed by atoms with Crippen LogP contribution in [0.1, 0.15) is 5.56 Å². The summed E-state index contributed by atoms with van der Waals surface area (Å²) in [7, 11) is 1.49. The van der Waals surface area contributed by atoms with Crippen molar-refractivity contribution >= 4 is 12.2 Å². The van der Waals surface area contributed by atoms with Crippen LogP contribution in [0.25, 0.3) is 11.5 Å². The number of phenolic OH excluding ortho intramolecular Hbond substituents is 1. The lowest BCUT2D eigenvalue weighted by molar-refractivity contribution is 0.373. The number of hydrogen-bond acceptors (Lipinski definition) is 6. The molecule has 110 valence electrons. The van der Waals surface area contributed by atoms with Gasteiger partial charge in [-0.1, -0.05) is 29.4 Å². The van der Waals surface area contributed by atoms with Crippen molar-refractivity contribution in [1.29, 1.82) is 0 Å². The Kier molecular flexibility index (Phi) is 3.82. The second-order valence-corrected chi connectivity index (χ2v) is 4.41. The van der Waals surface area contributed by atoms with Gasteiger partial charge in [-0.3, -0.25) is 0 Å². The van der Waals surface area contributed by atoms with Crippen molar-refractivity contribution in [2.24, 2.45) is 4.99 Å². The van der Waals surface area contributed by atoms with Gasteiger partial charge in [-0.2, -0.15) is 0 Å². The lowest BCUT2D eigenvalue weighted by Gasteiger charge is -2.04. The second-order valence-electron chi connectivity index (χ2n) is 4.41.